The molecular formula is C21H21N3O3S. The first-order chi connectivity index (χ1) is 13.5. The Hall–Kier alpha value is -3.06. The van der Waals surface area contributed by atoms with Crippen LogP contribution in [0.15, 0.2) is 64.5 Å². The van der Waals surface area contributed by atoms with E-state index in [4.69, 9.17) is 4.74 Å². The number of carbonyl (C=O) groups is 1. The van der Waals surface area contributed by atoms with Gasteiger partial charge in [-0.3, -0.25) is 9.59 Å². The van der Waals surface area contributed by atoms with Gasteiger partial charge in [0.15, 0.2) is 5.16 Å². The number of aromatic amines is 1. The van der Waals surface area contributed by atoms with E-state index in [9.17, 15) is 9.59 Å². The third kappa shape index (κ3) is 5.23. The molecule has 6 nitrogen and oxygen atoms in total. The predicted molar refractivity (Wildman–Crippen MR) is 111 cm³/mol. The Morgan fingerprint density at radius 2 is 1.86 bits per heavy atom. The number of aromatic nitrogens is 2. The summed E-state index contributed by atoms with van der Waals surface area (Å²) in [5.74, 6) is 0.691. The number of nitrogens with one attached hydrogen (secondary N) is 2. The SMILES string of the molecule is COc1ccc(NC(=O)CSc2nc(C)c(Cc3ccccc3)c(=O)[nH]2)cc1. The minimum Gasteiger partial charge on any atom is -0.497 e. The van der Waals surface area contributed by atoms with Crippen LogP contribution in [0.2, 0.25) is 0 Å². The van der Waals surface area contributed by atoms with Gasteiger partial charge in [0, 0.05) is 23.4 Å². The number of thioether (sulfide) groups is 1. The minimum absolute atomic E-state index is 0.145. The number of methoxy groups -OCH3 is 1. The lowest BCUT2D eigenvalue weighted by Crippen LogP contribution is -2.19. The number of nitrogens with zero attached hydrogens (tertiary/aromatic N) is 1. The molecule has 0 spiro atoms. The molecule has 3 rings (SSSR count). The molecule has 0 radical (unpaired) electrons. The van der Waals surface area contributed by atoms with E-state index in [2.05, 4.69) is 15.3 Å². The van der Waals surface area contributed by atoms with Crippen LogP contribution >= 0.6 is 11.8 Å². The van der Waals surface area contributed by atoms with Gasteiger partial charge >= 0.3 is 0 Å². The Bertz CT molecular complexity index is 1000. The average Bonchev–Trinajstić information content (AvgIpc) is 2.70. The zero-order valence-electron chi connectivity index (χ0n) is 15.7. The van der Waals surface area contributed by atoms with Crippen molar-refractivity contribution in [3.05, 3.63) is 81.8 Å². The van der Waals surface area contributed by atoms with Crippen LogP contribution < -0.4 is 15.6 Å². The minimum atomic E-state index is -0.177. The van der Waals surface area contributed by atoms with Crippen molar-refractivity contribution < 1.29 is 9.53 Å². The maximum Gasteiger partial charge on any atom is 0.255 e. The summed E-state index contributed by atoms with van der Waals surface area (Å²) < 4.78 is 5.09. The van der Waals surface area contributed by atoms with Crippen molar-refractivity contribution in [2.24, 2.45) is 0 Å². The van der Waals surface area contributed by atoms with Crippen LogP contribution in [0.25, 0.3) is 0 Å². The summed E-state index contributed by atoms with van der Waals surface area (Å²) in [4.78, 5) is 31.8. The molecule has 0 aliphatic heterocycles. The molecule has 1 aromatic heterocycles. The van der Waals surface area contributed by atoms with Crippen molar-refractivity contribution in [1.29, 1.82) is 0 Å². The quantitative estimate of drug-likeness (QED) is 0.473. The summed E-state index contributed by atoms with van der Waals surface area (Å²) in [5, 5.41) is 3.24. The second-order valence-corrected chi connectivity index (χ2v) is 7.13. The summed E-state index contributed by atoms with van der Waals surface area (Å²) in [6.07, 6.45) is 0.526. The molecule has 0 saturated carbocycles. The molecule has 28 heavy (non-hydrogen) atoms. The number of benzene rings is 2. The summed E-state index contributed by atoms with van der Waals surface area (Å²) in [5.41, 5.74) is 2.87. The number of aryl methyl sites for hydroxylation is 1. The van der Waals surface area contributed by atoms with E-state index in [-0.39, 0.29) is 17.2 Å². The summed E-state index contributed by atoms with van der Waals surface area (Å²) >= 11 is 1.20. The molecule has 0 atom stereocenters. The van der Waals surface area contributed by atoms with E-state index in [1.807, 2.05) is 37.3 Å². The second kappa shape index (κ2) is 9.23. The van der Waals surface area contributed by atoms with Crippen molar-refractivity contribution in [2.45, 2.75) is 18.5 Å². The first kappa shape index (κ1) is 19.7. The molecule has 2 N–H and O–H groups in total. The molecule has 1 amide bonds. The van der Waals surface area contributed by atoms with Gasteiger partial charge in [-0.25, -0.2) is 4.98 Å². The van der Waals surface area contributed by atoms with Gasteiger partial charge in [0.2, 0.25) is 5.91 Å². The van der Waals surface area contributed by atoms with Crippen LogP contribution in [0, 0.1) is 6.92 Å². The van der Waals surface area contributed by atoms with Crippen molar-refractivity contribution in [1.82, 2.24) is 9.97 Å². The highest BCUT2D eigenvalue weighted by Crippen LogP contribution is 2.17. The van der Waals surface area contributed by atoms with Crippen LogP contribution in [0.5, 0.6) is 5.75 Å². The van der Waals surface area contributed by atoms with E-state index < -0.39 is 0 Å². The zero-order chi connectivity index (χ0) is 19.9. The Morgan fingerprint density at radius 1 is 1.14 bits per heavy atom. The molecule has 144 valence electrons. The number of hydrogen-bond donors (Lipinski definition) is 2. The topological polar surface area (TPSA) is 84.1 Å². The largest absolute Gasteiger partial charge is 0.497 e. The normalized spacial score (nSPS) is 10.5. The molecule has 0 unspecified atom stereocenters. The molecule has 7 heteroatoms. The first-order valence-corrected chi connectivity index (χ1v) is 9.74. The van der Waals surface area contributed by atoms with Gasteiger partial charge in [0.05, 0.1) is 12.9 Å². The number of rotatable bonds is 7. The number of amides is 1. The fourth-order valence-corrected chi connectivity index (χ4v) is 3.37. The van der Waals surface area contributed by atoms with Crippen molar-refractivity contribution in [3.63, 3.8) is 0 Å². The highest BCUT2D eigenvalue weighted by molar-refractivity contribution is 7.99. The number of hydrogen-bond acceptors (Lipinski definition) is 5. The Labute approximate surface area is 167 Å². The molecule has 2 aromatic carbocycles. The second-order valence-electron chi connectivity index (χ2n) is 6.16. The van der Waals surface area contributed by atoms with E-state index in [0.717, 1.165) is 11.3 Å². The standard InChI is InChI=1S/C21H21N3O3S/c1-14-18(12-15-6-4-3-5-7-15)20(26)24-21(22-14)28-13-19(25)23-16-8-10-17(27-2)11-9-16/h3-11H,12-13H2,1-2H3,(H,23,25)(H,22,24,26). The number of ether oxygens (including phenoxy) is 1. The summed E-state index contributed by atoms with van der Waals surface area (Å²) in [6, 6.07) is 16.9. The molecule has 1 heterocycles. The average molecular weight is 395 g/mol. The molecule has 0 fully saturated rings. The van der Waals surface area contributed by atoms with Crippen LogP contribution in [0.3, 0.4) is 0 Å². The smallest absolute Gasteiger partial charge is 0.255 e. The third-order valence-electron chi connectivity index (χ3n) is 4.14. The predicted octanol–water partition coefficient (Wildman–Crippen LogP) is 3.41. The van der Waals surface area contributed by atoms with Gasteiger partial charge in [-0.15, -0.1) is 0 Å². The zero-order valence-corrected chi connectivity index (χ0v) is 16.5. The maximum absolute atomic E-state index is 12.4. The van der Waals surface area contributed by atoms with Gasteiger partial charge in [-0.2, -0.15) is 0 Å². The molecular weight excluding hydrogens is 374 g/mol. The lowest BCUT2D eigenvalue weighted by atomic mass is 10.1. The summed E-state index contributed by atoms with van der Waals surface area (Å²) in [7, 11) is 1.59. The highest BCUT2D eigenvalue weighted by atomic mass is 32.2. The van der Waals surface area contributed by atoms with Crippen molar-refractivity contribution in [2.75, 3.05) is 18.2 Å². The van der Waals surface area contributed by atoms with Crippen LogP contribution in [-0.4, -0.2) is 28.7 Å². The van der Waals surface area contributed by atoms with Gasteiger partial charge in [-0.1, -0.05) is 42.1 Å². The maximum atomic E-state index is 12.4. The van der Waals surface area contributed by atoms with Crippen LogP contribution in [-0.2, 0) is 11.2 Å². The third-order valence-corrected chi connectivity index (χ3v) is 5.01. The van der Waals surface area contributed by atoms with E-state index in [0.29, 0.717) is 28.5 Å². The van der Waals surface area contributed by atoms with Crippen molar-refractivity contribution in [3.8, 4) is 5.75 Å². The Balaban J connectivity index is 1.61. The molecule has 0 aliphatic rings. The molecule has 0 bridgehead atoms. The van der Waals surface area contributed by atoms with Gasteiger partial charge in [0.1, 0.15) is 5.75 Å². The molecule has 0 aliphatic carbocycles. The van der Waals surface area contributed by atoms with Gasteiger partial charge in [-0.05, 0) is 36.8 Å². The van der Waals surface area contributed by atoms with Gasteiger partial charge < -0.3 is 15.0 Å². The van der Waals surface area contributed by atoms with Crippen LogP contribution in [0.4, 0.5) is 5.69 Å². The Kier molecular flexibility index (Phi) is 6.49. The lowest BCUT2D eigenvalue weighted by molar-refractivity contribution is -0.113. The van der Waals surface area contributed by atoms with E-state index in [1.54, 1.807) is 31.4 Å². The van der Waals surface area contributed by atoms with E-state index in [1.165, 1.54) is 11.8 Å². The number of carbonyl (C=O) groups excluding carboxylic acids is 1. The fraction of sp³-hybridized carbons (Fsp3) is 0.190. The van der Waals surface area contributed by atoms with E-state index >= 15 is 0 Å². The molecule has 0 saturated heterocycles. The number of H-pyrrole nitrogens is 1. The van der Waals surface area contributed by atoms with Crippen molar-refractivity contribution >= 4 is 23.4 Å². The lowest BCUT2D eigenvalue weighted by Gasteiger charge is -2.08. The monoisotopic (exact) mass is 395 g/mol. The summed E-state index contributed by atoms with van der Waals surface area (Å²) in [6.45, 7) is 1.81. The first-order valence-electron chi connectivity index (χ1n) is 8.75. The highest BCUT2D eigenvalue weighted by Gasteiger charge is 2.11. The molecule has 3 aromatic rings. The van der Waals surface area contributed by atoms with Crippen LogP contribution in [0.1, 0.15) is 16.8 Å². The Morgan fingerprint density at radius 3 is 2.50 bits per heavy atom. The fourth-order valence-electron chi connectivity index (χ4n) is 2.67. The van der Waals surface area contributed by atoms with Gasteiger partial charge in [0.25, 0.3) is 5.56 Å². The number of anilines is 1.